The Bertz CT molecular complexity index is 1450. The summed E-state index contributed by atoms with van der Waals surface area (Å²) in [5.41, 5.74) is 1.71. The SMILES string of the molecule is Cc1ccc(S(=O)(=O)CC(OCCOCCCl)c2cc3c(cc2[N+](=O)[O-])oc2ccccc23)cc1. The van der Waals surface area contributed by atoms with Crippen LogP contribution in [0.1, 0.15) is 17.2 Å². The Balaban J connectivity index is 1.78. The number of alkyl halides is 1. The fourth-order valence-corrected chi connectivity index (χ4v) is 5.39. The number of hydrogen-bond acceptors (Lipinski definition) is 7. The summed E-state index contributed by atoms with van der Waals surface area (Å²) >= 11 is 5.62. The maximum absolute atomic E-state index is 13.3. The fraction of sp³-hybridized carbons (Fsp3) is 0.280. The minimum atomic E-state index is -3.83. The number of para-hydroxylation sites is 1. The first-order chi connectivity index (χ1) is 16.8. The summed E-state index contributed by atoms with van der Waals surface area (Å²) in [5.74, 6) is -0.172. The topological polar surface area (TPSA) is 109 Å². The molecule has 35 heavy (non-hydrogen) atoms. The van der Waals surface area contributed by atoms with E-state index in [-0.39, 0.29) is 29.4 Å². The molecule has 4 aromatic rings. The molecule has 0 N–H and O–H groups in total. The van der Waals surface area contributed by atoms with E-state index in [1.54, 1.807) is 30.3 Å². The molecule has 10 heteroatoms. The van der Waals surface area contributed by atoms with Crippen molar-refractivity contribution in [3.63, 3.8) is 0 Å². The van der Waals surface area contributed by atoms with Gasteiger partial charge in [0.05, 0.1) is 47.0 Å². The van der Waals surface area contributed by atoms with Crippen LogP contribution >= 0.6 is 11.6 Å². The molecule has 0 bridgehead atoms. The maximum atomic E-state index is 13.3. The highest BCUT2D eigenvalue weighted by Crippen LogP contribution is 2.38. The standard InChI is InChI=1S/C25H24ClNO7S/c1-17-6-8-18(9-7-17)35(30,31)16-25(33-13-12-32-11-10-26)21-14-20-19-4-2-3-5-23(19)34-24(20)15-22(21)27(28)29/h2-9,14-15,25H,10-13,16H2,1H3. The van der Waals surface area contributed by atoms with Crippen molar-refractivity contribution in [2.45, 2.75) is 17.9 Å². The predicted octanol–water partition coefficient (Wildman–Crippen LogP) is 5.59. The van der Waals surface area contributed by atoms with Crippen molar-refractivity contribution in [3.8, 4) is 0 Å². The largest absolute Gasteiger partial charge is 0.456 e. The van der Waals surface area contributed by atoms with Gasteiger partial charge in [-0.2, -0.15) is 0 Å². The number of fused-ring (bicyclic) bond motifs is 3. The number of nitro groups is 1. The van der Waals surface area contributed by atoms with Crippen LogP contribution in [-0.2, 0) is 19.3 Å². The fourth-order valence-electron chi connectivity index (χ4n) is 3.87. The van der Waals surface area contributed by atoms with Crippen molar-refractivity contribution in [2.75, 3.05) is 31.5 Å². The molecule has 1 heterocycles. The van der Waals surface area contributed by atoms with Crippen LogP contribution in [0.2, 0.25) is 0 Å². The number of benzene rings is 3. The molecule has 1 unspecified atom stereocenters. The van der Waals surface area contributed by atoms with Crippen LogP contribution in [0.4, 0.5) is 5.69 Å². The van der Waals surface area contributed by atoms with Crippen LogP contribution in [0.25, 0.3) is 21.9 Å². The summed E-state index contributed by atoms with van der Waals surface area (Å²) in [4.78, 5) is 11.6. The van der Waals surface area contributed by atoms with Gasteiger partial charge in [0.25, 0.3) is 5.69 Å². The molecule has 4 rings (SSSR count). The first-order valence-electron chi connectivity index (χ1n) is 10.9. The molecule has 1 atom stereocenters. The van der Waals surface area contributed by atoms with E-state index < -0.39 is 26.6 Å². The minimum absolute atomic E-state index is 0.0340. The molecule has 0 spiro atoms. The van der Waals surface area contributed by atoms with Crippen molar-refractivity contribution < 1.29 is 27.2 Å². The summed E-state index contributed by atoms with van der Waals surface area (Å²) in [7, 11) is -3.83. The highest BCUT2D eigenvalue weighted by atomic mass is 35.5. The van der Waals surface area contributed by atoms with Gasteiger partial charge < -0.3 is 13.9 Å². The number of sulfone groups is 1. The summed E-state index contributed by atoms with van der Waals surface area (Å²) in [6.45, 7) is 2.37. The molecule has 0 aliphatic carbocycles. The molecule has 184 valence electrons. The number of aryl methyl sites for hydroxylation is 1. The van der Waals surface area contributed by atoms with Crippen LogP contribution < -0.4 is 0 Å². The predicted molar refractivity (Wildman–Crippen MR) is 134 cm³/mol. The summed E-state index contributed by atoms with van der Waals surface area (Å²) in [6, 6.07) is 16.6. The molecule has 0 amide bonds. The second-order valence-electron chi connectivity index (χ2n) is 8.02. The second-order valence-corrected chi connectivity index (χ2v) is 10.4. The number of hydrogen-bond donors (Lipinski definition) is 0. The summed E-state index contributed by atoms with van der Waals surface area (Å²) in [5, 5.41) is 13.4. The summed E-state index contributed by atoms with van der Waals surface area (Å²) in [6.07, 6.45) is -1.11. The Morgan fingerprint density at radius 3 is 2.46 bits per heavy atom. The third kappa shape index (κ3) is 5.65. The van der Waals surface area contributed by atoms with Gasteiger partial charge in [0, 0.05) is 16.7 Å². The van der Waals surface area contributed by atoms with E-state index in [4.69, 9.17) is 25.5 Å². The zero-order chi connectivity index (χ0) is 25.0. The molecule has 0 radical (unpaired) electrons. The van der Waals surface area contributed by atoms with Crippen molar-refractivity contribution in [3.05, 3.63) is 81.9 Å². The molecule has 1 aromatic heterocycles. The van der Waals surface area contributed by atoms with Gasteiger partial charge in [-0.15, -0.1) is 11.6 Å². The van der Waals surface area contributed by atoms with Crippen LogP contribution in [0.15, 0.2) is 70.0 Å². The monoisotopic (exact) mass is 517 g/mol. The average Bonchev–Trinajstić information content (AvgIpc) is 3.20. The van der Waals surface area contributed by atoms with Gasteiger partial charge in [-0.05, 0) is 31.2 Å². The molecular weight excluding hydrogens is 494 g/mol. The van der Waals surface area contributed by atoms with Crippen molar-refractivity contribution in [1.29, 1.82) is 0 Å². The summed E-state index contributed by atoms with van der Waals surface area (Å²) < 4.78 is 43.5. The van der Waals surface area contributed by atoms with Gasteiger partial charge in [-0.3, -0.25) is 10.1 Å². The molecule has 0 aliphatic heterocycles. The Kier molecular flexibility index (Phi) is 7.71. The third-order valence-corrected chi connectivity index (χ3v) is 7.47. The van der Waals surface area contributed by atoms with Gasteiger partial charge in [-0.25, -0.2) is 8.42 Å². The molecule has 8 nitrogen and oxygen atoms in total. The lowest BCUT2D eigenvalue weighted by Gasteiger charge is -2.19. The van der Waals surface area contributed by atoms with E-state index in [1.165, 1.54) is 18.2 Å². The first kappa shape index (κ1) is 25.1. The lowest BCUT2D eigenvalue weighted by atomic mass is 10.0. The van der Waals surface area contributed by atoms with Crippen molar-refractivity contribution >= 4 is 49.1 Å². The lowest BCUT2D eigenvalue weighted by molar-refractivity contribution is -0.386. The van der Waals surface area contributed by atoms with E-state index in [0.29, 0.717) is 29.0 Å². The second kappa shape index (κ2) is 10.7. The highest BCUT2D eigenvalue weighted by Gasteiger charge is 2.30. The van der Waals surface area contributed by atoms with Crippen LogP contribution in [0.5, 0.6) is 0 Å². The third-order valence-electron chi connectivity index (χ3n) is 5.59. The maximum Gasteiger partial charge on any atom is 0.279 e. The quantitative estimate of drug-likeness (QED) is 0.110. The Morgan fingerprint density at radius 1 is 1.00 bits per heavy atom. The molecular formula is C25H24ClNO7S. The van der Waals surface area contributed by atoms with E-state index in [9.17, 15) is 18.5 Å². The van der Waals surface area contributed by atoms with E-state index >= 15 is 0 Å². The van der Waals surface area contributed by atoms with Crippen LogP contribution in [-0.4, -0.2) is 44.8 Å². The molecule has 0 saturated heterocycles. The molecule has 0 aliphatic rings. The van der Waals surface area contributed by atoms with E-state index in [0.717, 1.165) is 10.9 Å². The molecule has 0 saturated carbocycles. The molecule has 3 aromatic carbocycles. The van der Waals surface area contributed by atoms with Crippen LogP contribution in [0, 0.1) is 17.0 Å². The first-order valence-corrected chi connectivity index (χ1v) is 13.1. The molecule has 0 fully saturated rings. The number of halogens is 1. The number of rotatable bonds is 11. The number of nitro benzene ring substituents is 1. The Morgan fingerprint density at radius 2 is 1.74 bits per heavy atom. The number of nitrogens with zero attached hydrogens (tertiary/aromatic N) is 1. The smallest absolute Gasteiger partial charge is 0.279 e. The number of furan rings is 1. The van der Waals surface area contributed by atoms with Gasteiger partial charge in [-0.1, -0.05) is 35.9 Å². The van der Waals surface area contributed by atoms with Gasteiger partial charge in [0.2, 0.25) is 0 Å². The Labute approximate surface area is 207 Å². The minimum Gasteiger partial charge on any atom is -0.456 e. The average molecular weight is 518 g/mol. The van der Waals surface area contributed by atoms with Crippen molar-refractivity contribution in [2.24, 2.45) is 0 Å². The Hall–Kier alpha value is -2.98. The van der Waals surface area contributed by atoms with Gasteiger partial charge in [0.1, 0.15) is 17.3 Å². The lowest BCUT2D eigenvalue weighted by Crippen LogP contribution is -2.20. The number of ether oxygens (including phenoxy) is 2. The van der Waals surface area contributed by atoms with Gasteiger partial charge >= 0.3 is 0 Å². The zero-order valence-corrected chi connectivity index (χ0v) is 20.5. The highest BCUT2D eigenvalue weighted by molar-refractivity contribution is 7.91. The van der Waals surface area contributed by atoms with E-state index in [1.807, 2.05) is 19.1 Å². The van der Waals surface area contributed by atoms with Crippen molar-refractivity contribution in [1.82, 2.24) is 0 Å². The normalized spacial score (nSPS) is 12.9. The van der Waals surface area contributed by atoms with Crippen LogP contribution in [0.3, 0.4) is 0 Å². The van der Waals surface area contributed by atoms with E-state index in [2.05, 4.69) is 0 Å². The zero-order valence-electron chi connectivity index (χ0n) is 19.0. The van der Waals surface area contributed by atoms with Gasteiger partial charge in [0.15, 0.2) is 9.84 Å².